The minimum absolute atomic E-state index is 0.00463. The van der Waals surface area contributed by atoms with Crippen LogP contribution in [0, 0.1) is 6.92 Å². The molecule has 2 unspecified atom stereocenters. The fraction of sp³-hybridized carbons (Fsp3) is 0.281. The van der Waals surface area contributed by atoms with Gasteiger partial charge in [-0.15, -0.1) is 6.58 Å². The molecular weight excluding hydrogens is 542 g/mol. The molecule has 8 nitrogen and oxygen atoms in total. The Morgan fingerprint density at radius 2 is 1.68 bits per heavy atom. The molecule has 0 aromatic heterocycles. The van der Waals surface area contributed by atoms with E-state index in [1.807, 2.05) is 43.3 Å². The van der Waals surface area contributed by atoms with Gasteiger partial charge in [0, 0.05) is 13.0 Å². The Kier molecular flexibility index (Phi) is 10.6. The van der Waals surface area contributed by atoms with Gasteiger partial charge in [0.15, 0.2) is 0 Å². The van der Waals surface area contributed by atoms with Gasteiger partial charge in [0.25, 0.3) is 5.91 Å². The number of phenols is 1. The van der Waals surface area contributed by atoms with Crippen molar-refractivity contribution in [2.45, 2.75) is 51.8 Å². The number of nitrogens with zero attached hydrogens (tertiary/aromatic N) is 1. The molecule has 0 aliphatic rings. The first-order valence-electron chi connectivity index (χ1n) is 13.2. The molecule has 216 valence electrons. The molecule has 3 amide bonds. The second-order valence-electron chi connectivity index (χ2n) is 10.6. The van der Waals surface area contributed by atoms with E-state index in [0.717, 1.165) is 11.1 Å². The number of hydrogen-bond donors (Lipinski definition) is 3. The number of halogens is 1. The number of rotatable bonds is 10. The van der Waals surface area contributed by atoms with Crippen LogP contribution < -0.4 is 10.6 Å². The summed E-state index contributed by atoms with van der Waals surface area (Å²) in [5.74, 6) is -1.05. The van der Waals surface area contributed by atoms with Crippen LogP contribution in [0.4, 0.5) is 10.5 Å². The highest BCUT2D eigenvalue weighted by atomic mass is 35.5. The molecule has 3 aromatic rings. The van der Waals surface area contributed by atoms with Crippen LogP contribution in [-0.2, 0) is 20.7 Å². The quantitative estimate of drug-likeness (QED) is 0.249. The zero-order valence-electron chi connectivity index (χ0n) is 23.7. The molecule has 41 heavy (non-hydrogen) atoms. The summed E-state index contributed by atoms with van der Waals surface area (Å²) in [5.41, 5.74) is 1.62. The molecule has 0 fully saturated rings. The van der Waals surface area contributed by atoms with Crippen LogP contribution in [0.15, 0.2) is 85.5 Å². The number of nitrogens with one attached hydrogen (secondary N) is 2. The molecule has 0 bridgehead atoms. The van der Waals surface area contributed by atoms with E-state index in [1.54, 1.807) is 45.0 Å². The molecule has 3 aromatic carbocycles. The maximum atomic E-state index is 14.3. The first-order valence-corrected chi connectivity index (χ1v) is 13.6. The van der Waals surface area contributed by atoms with Crippen molar-refractivity contribution < 1.29 is 24.2 Å². The number of alkyl carbamates (subject to hydrolysis) is 1. The van der Waals surface area contributed by atoms with Crippen molar-refractivity contribution in [3.63, 3.8) is 0 Å². The number of carbonyl (C=O) groups excluding carboxylic acids is 3. The van der Waals surface area contributed by atoms with Crippen molar-refractivity contribution in [2.24, 2.45) is 0 Å². The predicted molar refractivity (Wildman–Crippen MR) is 161 cm³/mol. The summed E-state index contributed by atoms with van der Waals surface area (Å²) in [7, 11) is 0. The number of aryl methyl sites for hydroxylation is 1. The average Bonchev–Trinajstić information content (AvgIpc) is 2.90. The standard InChI is InChI=1S/C32H36ClN3O5/c1-6-19-36(30(39)26(20-22-12-8-7-9-13-22)34-31(40)41-32(3,4)5)28(23-15-17-24(37)18-16-23)29(38)35-27-21(2)11-10-14-25(27)33/h6-18,26,28,37H,1,19-20H2,2-5H3,(H,34,40)(H,35,38). The van der Waals surface area contributed by atoms with Crippen LogP contribution in [0.5, 0.6) is 5.75 Å². The number of phenolic OH excluding ortho intramolecular Hbond substituents is 1. The normalized spacial score (nSPS) is 12.5. The topological polar surface area (TPSA) is 108 Å². The van der Waals surface area contributed by atoms with Crippen LogP contribution in [0.1, 0.15) is 43.5 Å². The molecule has 3 rings (SSSR count). The van der Waals surface area contributed by atoms with Gasteiger partial charge in [-0.1, -0.05) is 72.3 Å². The van der Waals surface area contributed by atoms with Crippen molar-refractivity contribution in [1.82, 2.24) is 10.2 Å². The Morgan fingerprint density at radius 3 is 2.27 bits per heavy atom. The van der Waals surface area contributed by atoms with Crippen molar-refractivity contribution in [3.8, 4) is 5.75 Å². The number of amides is 3. The first-order chi connectivity index (χ1) is 19.4. The summed E-state index contributed by atoms with van der Waals surface area (Å²) in [4.78, 5) is 42.4. The maximum Gasteiger partial charge on any atom is 0.408 e. The van der Waals surface area contributed by atoms with Crippen LogP contribution >= 0.6 is 11.6 Å². The number of para-hydroxylation sites is 1. The van der Waals surface area contributed by atoms with E-state index in [2.05, 4.69) is 17.2 Å². The Morgan fingerprint density at radius 1 is 1.02 bits per heavy atom. The smallest absolute Gasteiger partial charge is 0.408 e. The first kappa shape index (κ1) is 31.2. The van der Waals surface area contributed by atoms with Crippen molar-refractivity contribution >= 4 is 35.2 Å². The van der Waals surface area contributed by atoms with Crippen molar-refractivity contribution in [1.29, 1.82) is 0 Å². The van der Waals surface area contributed by atoms with E-state index in [9.17, 15) is 19.5 Å². The van der Waals surface area contributed by atoms with Gasteiger partial charge in [0.1, 0.15) is 23.4 Å². The SMILES string of the molecule is C=CCN(C(=O)C(Cc1ccccc1)NC(=O)OC(C)(C)C)C(C(=O)Nc1c(C)cccc1Cl)c1ccc(O)cc1. The molecule has 2 atom stereocenters. The van der Waals surface area contributed by atoms with Crippen molar-refractivity contribution in [2.75, 3.05) is 11.9 Å². The third-order valence-corrected chi connectivity index (χ3v) is 6.43. The number of carbonyl (C=O) groups is 3. The fourth-order valence-corrected chi connectivity index (χ4v) is 4.54. The fourth-order valence-electron chi connectivity index (χ4n) is 4.27. The number of hydrogen-bond acceptors (Lipinski definition) is 5. The number of anilines is 1. The lowest BCUT2D eigenvalue weighted by molar-refractivity contribution is -0.140. The summed E-state index contributed by atoms with van der Waals surface area (Å²) in [6.07, 6.45) is 0.898. The van der Waals surface area contributed by atoms with E-state index in [0.29, 0.717) is 16.3 Å². The molecule has 0 spiro atoms. The number of benzene rings is 3. The Balaban J connectivity index is 2.06. The third kappa shape index (κ3) is 8.85. The summed E-state index contributed by atoms with van der Waals surface area (Å²) in [6, 6.07) is 18.2. The average molecular weight is 578 g/mol. The van der Waals surface area contributed by atoms with Gasteiger partial charge in [0.2, 0.25) is 5.91 Å². The van der Waals surface area contributed by atoms with Gasteiger partial charge in [-0.3, -0.25) is 9.59 Å². The predicted octanol–water partition coefficient (Wildman–Crippen LogP) is 6.18. The number of aromatic hydroxyl groups is 1. The summed E-state index contributed by atoms with van der Waals surface area (Å²) in [5, 5.41) is 15.8. The van der Waals surface area contributed by atoms with E-state index in [4.69, 9.17) is 16.3 Å². The molecule has 9 heteroatoms. The molecule has 3 N–H and O–H groups in total. The monoisotopic (exact) mass is 577 g/mol. The highest BCUT2D eigenvalue weighted by Gasteiger charge is 2.36. The van der Waals surface area contributed by atoms with E-state index in [-0.39, 0.29) is 18.7 Å². The Bertz CT molecular complexity index is 1350. The van der Waals surface area contributed by atoms with Crippen LogP contribution in [0.25, 0.3) is 0 Å². The van der Waals surface area contributed by atoms with Gasteiger partial charge in [0.05, 0.1) is 10.7 Å². The lowest BCUT2D eigenvalue weighted by atomic mass is 10.00. The van der Waals surface area contributed by atoms with Gasteiger partial charge < -0.3 is 25.4 Å². The largest absolute Gasteiger partial charge is 0.508 e. The van der Waals surface area contributed by atoms with Crippen LogP contribution in [0.2, 0.25) is 5.02 Å². The van der Waals surface area contributed by atoms with E-state index in [1.165, 1.54) is 23.1 Å². The molecule has 0 aliphatic carbocycles. The molecule has 0 radical (unpaired) electrons. The second-order valence-corrected chi connectivity index (χ2v) is 11.0. The molecule has 0 heterocycles. The van der Waals surface area contributed by atoms with E-state index >= 15 is 0 Å². The van der Waals surface area contributed by atoms with Crippen molar-refractivity contribution in [3.05, 3.63) is 107 Å². The number of ether oxygens (including phenoxy) is 1. The van der Waals surface area contributed by atoms with Gasteiger partial charge in [-0.2, -0.15) is 0 Å². The summed E-state index contributed by atoms with van der Waals surface area (Å²) in [6.45, 7) is 10.8. The Hall–Kier alpha value is -4.30. The lowest BCUT2D eigenvalue weighted by Crippen LogP contribution is -2.53. The van der Waals surface area contributed by atoms with Crippen LogP contribution in [-0.4, -0.2) is 46.1 Å². The lowest BCUT2D eigenvalue weighted by Gasteiger charge is -2.34. The zero-order chi connectivity index (χ0) is 30.2. The zero-order valence-corrected chi connectivity index (χ0v) is 24.4. The Labute approximate surface area is 246 Å². The molecular formula is C32H36ClN3O5. The molecule has 0 saturated carbocycles. The second kappa shape index (κ2) is 13.9. The minimum atomic E-state index is -1.16. The van der Waals surface area contributed by atoms with Crippen LogP contribution in [0.3, 0.4) is 0 Å². The highest BCUT2D eigenvalue weighted by Crippen LogP contribution is 2.30. The maximum absolute atomic E-state index is 14.3. The van der Waals surface area contributed by atoms with Gasteiger partial charge >= 0.3 is 6.09 Å². The van der Waals surface area contributed by atoms with E-state index < -0.39 is 35.6 Å². The third-order valence-electron chi connectivity index (χ3n) is 6.12. The minimum Gasteiger partial charge on any atom is -0.508 e. The molecule has 0 aliphatic heterocycles. The van der Waals surface area contributed by atoms with Gasteiger partial charge in [-0.05, 0) is 62.6 Å². The highest BCUT2D eigenvalue weighted by molar-refractivity contribution is 6.34. The summed E-state index contributed by atoms with van der Waals surface area (Å²) >= 11 is 6.39. The van der Waals surface area contributed by atoms with Gasteiger partial charge in [-0.25, -0.2) is 4.79 Å². The molecule has 0 saturated heterocycles. The summed E-state index contributed by atoms with van der Waals surface area (Å²) < 4.78 is 5.44.